The number of amides is 1. The van der Waals surface area contributed by atoms with E-state index in [2.05, 4.69) is 18.8 Å². The predicted octanol–water partition coefficient (Wildman–Crippen LogP) is 5.19. The molecule has 1 aliphatic carbocycles. The van der Waals surface area contributed by atoms with Crippen LogP contribution in [0.3, 0.4) is 0 Å². The third-order valence-corrected chi connectivity index (χ3v) is 6.61. The van der Waals surface area contributed by atoms with Crippen LogP contribution in [0, 0.1) is 18.3 Å². The maximum absolute atomic E-state index is 13.2. The van der Waals surface area contributed by atoms with Gasteiger partial charge in [-0.05, 0) is 49.3 Å². The van der Waals surface area contributed by atoms with Crippen LogP contribution in [0.2, 0.25) is 0 Å². The number of nitrogens with one attached hydrogen (secondary N) is 1. The van der Waals surface area contributed by atoms with Gasteiger partial charge in [0.2, 0.25) is 0 Å². The number of carbonyl (C=O) groups is 1. The fourth-order valence-corrected chi connectivity index (χ4v) is 5.16. The van der Waals surface area contributed by atoms with E-state index in [0.717, 1.165) is 46.3 Å². The summed E-state index contributed by atoms with van der Waals surface area (Å²) in [6, 6.07) is 2.18. The number of hydrogen-bond donors (Lipinski definition) is 1. The molecule has 1 amide bonds. The van der Waals surface area contributed by atoms with E-state index in [1.165, 1.54) is 36.1 Å². The van der Waals surface area contributed by atoms with Crippen molar-refractivity contribution in [1.29, 1.82) is 5.41 Å². The van der Waals surface area contributed by atoms with Crippen LogP contribution in [-0.4, -0.2) is 28.2 Å². The number of nitrogens with zero attached hydrogens (tertiary/aromatic N) is 2. The number of thiophene rings is 1. The first-order chi connectivity index (χ1) is 12.1. The normalized spacial score (nSPS) is 21.1. The molecule has 2 aromatic rings. The molecule has 0 bridgehead atoms. The number of carbonyl (C=O) groups excluding carboxylic acids is 1. The molecule has 5 heteroatoms. The average molecular weight is 358 g/mol. The van der Waals surface area contributed by atoms with Crippen molar-refractivity contribution >= 4 is 33.8 Å². The lowest BCUT2D eigenvalue weighted by molar-refractivity contribution is 0.0796. The monoisotopic (exact) mass is 357 g/mol. The molecule has 2 unspecified atom stereocenters. The number of rotatable bonds is 4. The summed E-state index contributed by atoms with van der Waals surface area (Å²) in [5.74, 6) is 0.580. The van der Waals surface area contributed by atoms with Crippen LogP contribution in [0.5, 0.6) is 0 Å². The molecule has 2 aromatic heterocycles. The van der Waals surface area contributed by atoms with Crippen LogP contribution in [0.4, 0.5) is 0 Å². The van der Waals surface area contributed by atoms with Crippen molar-refractivity contribution in [1.82, 2.24) is 9.88 Å². The molecule has 0 radical (unpaired) electrons. The lowest BCUT2D eigenvalue weighted by Crippen LogP contribution is -2.39. The van der Waals surface area contributed by atoms with Crippen molar-refractivity contribution in [3.05, 3.63) is 28.3 Å². The van der Waals surface area contributed by atoms with Crippen molar-refractivity contribution in [2.75, 3.05) is 0 Å². The van der Waals surface area contributed by atoms with Gasteiger partial charge in [-0.2, -0.15) is 0 Å². The van der Waals surface area contributed by atoms with Crippen molar-refractivity contribution in [2.45, 2.75) is 65.3 Å². The van der Waals surface area contributed by atoms with Gasteiger partial charge in [-0.25, -0.2) is 4.98 Å². The van der Waals surface area contributed by atoms with E-state index in [4.69, 9.17) is 5.41 Å². The Labute approximate surface area is 153 Å². The highest BCUT2D eigenvalue weighted by atomic mass is 32.1. The molecule has 2 atom stereocenters. The highest BCUT2D eigenvalue weighted by Crippen LogP contribution is 2.34. The summed E-state index contributed by atoms with van der Waals surface area (Å²) >= 11 is 1.47. The van der Waals surface area contributed by atoms with Crippen molar-refractivity contribution in [3.8, 4) is 0 Å². The molecule has 4 nitrogen and oxygen atoms in total. The summed E-state index contributed by atoms with van der Waals surface area (Å²) in [5.41, 5.74) is 2.26. The van der Waals surface area contributed by atoms with Crippen LogP contribution in [0.25, 0.3) is 10.2 Å². The molecule has 0 aliphatic heterocycles. The number of aryl methyl sites for hydroxylation is 2. The number of pyridine rings is 1. The van der Waals surface area contributed by atoms with E-state index in [0.29, 0.717) is 5.92 Å². The molecule has 1 aliphatic rings. The first-order valence-corrected chi connectivity index (χ1v) is 10.1. The van der Waals surface area contributed by atoms with Crippen LogP contribution < -0.4 is 0 Å². The Hall–Kier alpha value is -1.75. The summed E-state index contributed by atoms with van der Waals surface area (Å²) in [5, 5.41) is 8.99. The maximum Gasteiger partial charge on any atom is 0.269 e. The van der Waals surface area contributed by atoms with Gasteiger partial charge in [0.25, 0.3) is 5.91 Å². The zero-order chi connectivity index (χ0) is 18.0. The molecular formula is C20H27N3OS. The highest BCUT2D eigenvalue weighted by molar-refractivity contribution is 7.20. The summed E-state index contributed by atoms with van der Waals surface area (Å²) in [6.07, 6.45) is 9.57. The molecule has 0 aromatic carbocycles. The third-order valence-electron chi connectivity index (χ3n) is 5.42. The van der Waals surface area contributed by atoms with E-state index in [1.807, 2.05) is 19.2 Å². The first-order valence-electron chi connectivity index (χ1n) is 9.27. The molecule has 3 rings (SSSR count). The second kappa shape index (κ2) is 7.65. The van der Waals surface area contributed by atoms with Crippen LogP contribution in [0.15, 0.2) is 12.3 Å². The molecule has 134 valence electrons. The van der Waals surface area contributed by atoms with E-state index >= 15 is 0 Å². The molecule has 1 N–H and O–H groups in total. The topological polar surface area (TPSA) is 57.1 Å². The molecule has 1 fully saturated rings. The van der Waals surface area contributed by atoms with Gasteiger partial charge in [-0.3, -0.25) is 15.1 Å². The quantitative estimate of drug-likeness (QED) is 0.465. The lowest BCUT2D eigenvalue weighted by atomic mass is 9.99. The smallest absolute Gasteiger partial charge is 0.269 e. The summed E-state index contributed by atoms with van der Waals surface area (Å²) in [4.78, 5) is 21.1. The Morgan fingerprint density at radius 3 is 2.92 bits per heavy atom. The van der Waals surface area contributed by atoms with Crippen molar-refractivity contribution < 1.29 is 4.79 Å². The van der Waals surface area contributed by atoms with Gasteiger partial charge in [0.15, 0.2) is 0 Å². The standard InChI is InChI=1S/C20H27N3OS/c1-4-15-9-10-22-19-17(15)14(3)18(25-19)20(24)23(12-21)16-8-6-5-7-13(2)11-16/h9-10,12-13,16,21H,4-8,11H2,1-3H3. The zero-order valence-corrected chi connectivity index (χ0v) is 16.2. The van der Waals surface area contributed by atoms with Crippen LogP contribution in [-0.2, 0) is 6.42 Å². The fraction of sp³-hybridized carbons (Fsp3) is 0.550. The van der Waals surface area contributed by atoms with Gasteiger partial charge in [-0.15, -0.1) is 11.3 Å². The van der Waals surface area contributed by atoms with Crippen molar-refractivity contribution in [3.63, 3.8) is 0 Å². The summed E-state index contributed by atoms with van der Waals surface area (Å²) in [7, 11) is 0. The maximum atomic E-state index is 13.2. The summed E-state index contributed by atoms with van der Waals surface area (Å²) in [6.45, 7) is 6.40. The minimum Gasteiger partial charge on any atom is -0.296 e. The van der Waals surface area contributed by atoms with Crippen LogP contribution in [0.1, 0.15) is 66.8 Å². The lowest BCUT2D eigenvalue weighted by Gasteiger charge is -2.28. The van der Waals surface area contributed by atoms with E-state index in [9.17, 15) is 4.79 Å². The van der Waals surface area contributed by atoms with Crippen molar-refractivity contribution in [2.24, 2.45) is 5.92 Å². The minimum absolute atomic E-state index is 0.0309. The predicted molar refractivity (Wildman–Crippen MR) is 105 cm³/mol. The SMILES string of the molecule is CCc1ccnc2sc(C(=O)N(C=N)C3CCCCC(C)C3)c(C)c12. The first kappa shape index (κ1) is 18.1. The molecule has 0 saturated heterocycles. The Morgan fingerprint density at radius 1 is 1.44 bits per heavy atom. The van der Waals surface area contributed by atoms with Gasteiger partial charge in [0.1, 0.15) is 4.83 Å². The second-order valence-electron chi connectivity index (χ2n) is 7.18. The molecule has 25 heavy (non-hydrogen) atoms. The van der Waals surface area contributed by atoms with E-state index in [1.54, 1.807) is 4.90 Å². The highest BCUT2D eigenvalue weighted by Gasteiger charge is 2.29. The molecule has 1 saturated carbocycles. The van der Waals surface area contributed by atoms with Gasteiger partial charge < -0.3 is 0 Å². The Bertz CT molecular complexity index is 783. The van der Waals surface area contributed by atoms with Gasteiger partial charge >= 0.3 is 0 Å². The average Bonchev–Trinajstić information content (AvgIpc) is 2.80. The summed E-state index contributed by atoms with van der Waals surface area (Å²) < 4.78 is 0. The van der Waals surface area contributed by atoms with E-state index in [-0.39, 0.29) is 11.9 Å². The fourth-order valence-electron chi connectivity index (χ4n) is 4.02. The third kappa shape index (κ3) is 3.47. The van der Waals surface area contributed by atoms with Gasteiger partial charge in [0.05, 0.1) is 11.2 Å². The number of hydrogen-bond acceptors (Lipinski definition) is 4. The van der Waals surface area contributed by atoms with E-state index < -0.39 is 0 Å². The molecule has 0 spiro atoms. The molecular weight excluding hydrogens is 330 g/mol. The Kier molecular flexibility index (Phi) is 5.52. The Morgan fingerprint density at radius 2 is 2.20 bits per heavy atom. The number of fused-ring (bicyclic) bond motifs is 1. The molecule has 2 heterocycles. The number of aromatic nitrogens is 1. The zero-order valence-electron chi connectivity index (χ0n) is 15.3. The second-order valence-corrected chi connectivity index (χ2v) is 8.18. The van der Waals surface area contributed by atoms with Crippen LogP contribution >= 0.6 is 11.3 Å². The Balaban J connectivity index is 1.97. The largest absolute Gasteiger partial charge is 0.296 e. The van der Waals surface area contributed by atoms with Gasteiger partial charge in [-0.1, -0.05) is 33.1 Å². The minimum atomic E-state index is -0.0309. The van der Waals surface area contributed by atoms with Gasteiger partial charge in [0, 0.05) is 17.6 Å².